The molecule has 4 heteroatoms. The molecule has 1 aromatic carbocycles. The molecule has 0 aliphatic carbocycles. The van der Waals surface area contributed by atoms with E-state index in [0.29, 0.717) is 13.2 Å². The summed E-state index contributed by atoms with van der Waals surface area (Å²) in [5, 5.41) is 9.51. The van der Waals surface area contributed by atoms with E-state index in [2.05, 4.69) is 22.9 Å². The lowest BCUT2D eigenvalue weighted by atomic mass is 9.81. The Morgan fingerprint density at radius 1 is 1.39 bits per heavy atom. The van der Waals surface area contributed by atoms with Crippen LogP contribution in [0.4, 0.5) is 0 Å². The topological polar surface area (TPSA) is 55.5 Å². The zero-order valence-electron chi connectivity index (χ0n) is 10.9. The van der Waals surface area contributed by atoms with Gasteiger partial charge in [0.1, 0.15) is 5.75 Å². The van der Waals surface area contributed by atoms with E-state index in [1.807, 2.05) is 24.3 Å². The van der Waals surface area contributed by atoms with Crippen LogP contribution < -0.4 is 10.5 Å². The second-order valence-corrected chi connectivity index (χ2v) is 5.58. The molecule has 0 radical (unpaired) electrons. The molecule has 3 N–H and O–H groups in total. The lowest BCUT2D eigenvalue weighted by Crippen LogP contribution is -2.35. The van der Waals surface area contributed by atoms with Crippen LogP contribution in [0.1, 0.15) is 26.2 Å². The number of benzene rings is 1. The van der Waals surface area contributed by atoms with Crippen LogP contribution in [-0.2, 0) is 0 Å². The molecule has 0 aliphatic heterocycles. The van der Waals surface area contributed by atoms with Gasteiger partial charge in [0.05, 0.1) is 13.2 Å². The van der Waals surface area contributed by atoms with Gasteiger partial charge in [-0.25, -0.2) is 0 Å². The van der Waals surface area contributed by atoms with E-state index in [0.717, 1.165) is 29.5 Å². The first-order valence-corrected chi connectivity index (χ1v) is 7.14. The third-order valence-electron chi connectivity index (χ3n) is 3.25. The van der Waals surface area contributed by atoms with E-state index in [4.69, 9.17) is 10.5 Å². The van der Waals surface area contributed by atoms with Crippen LogP contribution >= 0.6 is 15.9 Å². The number of hydrogen-bond acceptors (Lipinski definition) is 3. The smallest absolute Gasteiger partial charge is 0.120 e. The molecular formula is C14H22BrNO2. The Hall–Kier alpha value is -0.580. The van der Waals surface area contributed by atoms with E-state index in [1.54, 1.807) is 0 Å². The first-order chi connectivity index (χ1) is 8.65. The highest BCUT2D eigenvalue weighted by Gasteiger charge is 2.26. The zero-order chi connectivity index (χ0) is 13.4. The summed E-state index contributed by atoms with van der Waals surface area (Å²) >= 11 is 3.41. The van der Waals surface area contributed by atoms with Gasteiger partial charge in [-0.15, -0.1) is 0 Å². The fourth-order valence-electron chi connectivity index (χ4n) is 2.02. The number of nitrogens with two attached hydrogens (primary N) is 1. The molecule has 18 heavy (non-hydrogen) atoms. The normalized spacial score (nSPS) is 14.2. The summed E-state index contributed by atoms with van der Waals surface area (Å²) in [5.41, 5.74) is 5.59. The number of aliphatic hydroxyl groups is 1. The highest BCUT2D eigenvalue weighted by atomic mass is 79.9. The van der Waals surface area contributed by atoms with Crippen LogP contribution in [0.5, 0.6) is 5.75 Å². The number of aliphatic hydroxyl groups excluding tert-OH is 1. The van der Waals surface area contributed by atoms with Crippen molar-refractivity contribution in [3.63, 3.8) is 0 Å². The van der Waals surface area contributed by atoms with Crippen molar-refractivity contribution in [2.45, 2.75) is 26.2 Å². The Balaban J connectivity index is 2.48. The van der Waals surface area contributed by atoms with Crippen molar-refractivity contribution in [3.05, 3.63) is 28.7 Å². The molecule has 0 saturated carbocycles. The van der Waals surface area contributed by atoms with Crippen molar-refractivity contribution in [1.29, 1.82) is 0 Å². The number of hydrogen-bond donors (Lipinski definition) is 2. The van der Waals surface area contributed by atoms with Gasteiger partial charge in [0.25, 0.3) is 0 Å². The molecule has 1 unspecified atom stereocenters. The molecule has 102 valence electrons. The largest absolute Gasteiger partial charge is 0.494 e. The molecule has 0 aliphatic rings. The molecule has 0 spiro atoms. The molecule has 0 bridgehead atoms. The Kier molecular flexibility index (Phi) is 6.68. The van der Waals surface area contributed by atoms with Gasteiger partial charge in [0, 0.05) is 16.4 Å². The molecule has 3 nitrogen and oxygen atoms in total. The highest BCUT2D eigenvalue weighted by molar-refractivity contribution is 9.10. The Morgan fingerprint density at radius 3 is 2.72 bits per heavy atom. The second kappa shape index (κ2) is 7.77. The standard InChI is InChI=1S/C14H22BrNO2/c1-2-6-14(10-16,11-17)7-8-18-13-5-3-4-12(15)9-13/h3-5,9,17H,2,6-8,10-11,16H2,1H3. The van der Waals surface area contributed by atoms with E-state index < -0.39 is 0 Å². The minimum absolute atomic E-state index is 0.124. The summed E-state index contributed by atoms with van der Waals surface area (Å²) in [5.74, 6) is 0.838. The van der Waals surface area contributed by atoms with Crippen LogP contribution in [0.3, 0.4) is 0 Å². The summed E-state index contributed by atoms with van der Waals surface area (Å²) in [7, 11) is 0. The van der Waals surface area contributed by atoms with Crippen molar-refractivity contribution in [3.8, 4) is 5.75 Å². The zero-order valence-corrected chi connectivity index (χ0v) is 12.4. The fraction of sp³-hybridized carbons (Fsp3) is 0.571. The first kappa shape index (κ1) is 15.5. The minimum Gasteiger partial charge on any atom is -0.494 e. The minimum atomic E-state index is -0.194. The highest BCUT2D eigenvalue weighted by Crippen LogP contribution is 2.27. The summed E-state index contributed by atoms with van der Waals surface area (Å²) in [6.45, 7) is 3.31. The maximum atomic E-state index is 9.51. The van der Waals surface area contributed by atoms with E-state index >= 15 is 0 Å². The predicted octanol–water partition coefficient (Wildman–Crippen LogP) is 2.96. The van der Waals surface area contributed by atoms with Gasteiger partial charge in [-0.2, -0.15) is 0 Å². The fourth-order valence-corrected chi connectivity index (χ4v) is 2.40. The van der Waals surface area contributed by atoms with Gasteiger partial charge >= 0.3 is 0 Å². The average Bonchev–Trinajstić information content (AvgIpc) is 2.38. The number of halogens is 1. The van der Waals surface area contributed by atoms with Crippen LogP contribution in [0.25, 0.3) is 0 Å². The molecular weight excluding hydrogens is 294 g/mol. The third kappa shape index (κ3) is 4.59. The SMILES string of the molecule is CCCC(CN)(CO)CCOc1cccc(Br)c1. The Morgan fingerprint density at radius 2 is 2.17 bits per heavy atom. The molecule has 0 saturated heterocycles. The lowest BCUT2D eigenvalue weighted by molar-refractivity contribution is 0.0929. The van der Waals surface area contributed by atoms with Crippen LogP contribution in [0.2, 0.25) is 0 Å². The van der Waals surface area contributed by atoms with Gasteiger partial charge < -0.3 is 15.6 Å². The van der Waals surface area contributed by atoms with Crippen molar-refractivity contribution in [2.75, 3.05) is 19.8 Å². The number of rotatable bonds is 8. The maximum Gasteiger partial charge on any atom is 0.120 e. The van der Waals surface area contributed by atoms with Gasteiger partial charge in [0.2, 0.25) is 0 Å². The van der Waals surface area contributed by atoms with E-state index in [-0.39, 0.29) is 12.0 Å². The third-order valence-corrected chi connectivity index (χ3v) is 3.74. The summed E-state index contributed by atoms with van der Waals surface area (Å²) in [6, 6.07) is 7.76. The molecule has 0 aromatic heterocycles. The maximum absolute atomic E-state index is 9.51. The van der Waals surface area contributed by atoms with Gasteiger partial charge in [-0.1, -0.05) is 35.3 Å². The first-order valence-electron chi connectivity index (χ1n) is 6.35. The Bertz CT molecular complexity index is 353. The summed E-state index contributed by atoms with van der Waals surface area (Å²) in [4.78, 5) is 0. The van der Waals surface area contributed by atoms with Gasteiger partial charge in [0.15, 0.2) is 0 Å². The van der Waals surface area contributed by atoms with Crippen molar-refractivity contribution in [1.82, 2.24) is 0 Å². The molecule has 1 rings (SSSR count). The van der Waals surface area contributed by atoms with Crippen LogP contribution in [0, 0.1) is 5.41 Å². The molecule has 0 fully saturated rings. The second-order valence-electron chi connectivity index (χ2n) is 4.67. The van der Waals surface area contributed by atoms with E-state index in [9.17, 15) is 5.11 Å². The van der Waals surface area contributed by atoms with Crippen molar-refractivity contribution < 1.29 is 9.84 Å². The summed E-state index contributed by atoms with van der Waals surface area (Å²) in [6.07, 6.45) is 2.73. The van der Waals surface area contributed by atoms with Crippen LogP contribution in [-0.4, -0.2) is 24.9 Å². The monoisotopic (exact) mass is 315 g/mol. The van der Waals surface area contributed by atoms with Crippen LogP contribution in [0.15, 0.2) is 28.7 Å². The predicted molar refractivity (Wildman–Crippen MR) is 77.7 cm³/mol. The summed E-state index contributed by atoms with van der Waals surface area (Å²) < 4.78 is 6.70. The molecule has 0 amide bonds. The number of ether oxygens (including phenoxy) is 1. The Labute approximate surface area is 117 Å². The van der Waals surface area contributed by atoms with Gasteiger partial charge in [-0.3, -0.25) is 0 Å². The van der Waals surface area contributed by atoms with Crippen molar-refractivity contribution in [2.24, 2.45) is 11.1 Å². The molecule has 0 heterocycles. The van der Waals surface area contributed by atoms with Gasteiger partial charge in [-0.05, 0) is 31.0 Å². The quantitative estimate of drug-likeness (QED) is 0.775. The lowest BCUT2D eigenvalue weighted by Gasteiger charge is -2.30. The molecule has 1 atom stereocenters. The van der Waals surface area contributed by atoms with Crippen molar-refractivity contribution >= 4 is 15.9 Å². The molecule has 1 aromatic rings. The average molecular weight is 316 g/mol. The van der Waals surface area contributed by atoms with E-state index in [1.165, 1.54) is 0 Å².